The van der Waals surface area contributed by atoms with Crippen molar-refractivity contribution < 1.29 is 14.4 Å². The van der Waals surface area contributed by atoms with E-state index in [-0.39, 0.29) is 0 Å². The summed E-state index contributed by atoms with van der Waals surface area (Å²) in [6, 6.07) is 17.5. The highest BCUT2D eigenvalue weighted by molar-refractivity contribution is 6.29. The van der Waals surface area contributed by atoms with Crippen molar-refractivity contribution in [3.63, 3.8) is 0 Å². The molecule has 4 heteroatoms. The summed E-state index contributed by atoms with van der Waals surface area (Å²) in [6.07, 6.45) is 11.6. The molecule has 0 saturated heterocycles. The number of nitrogens with zero attached hydrogens (tertiary/aromatic N) is 1. The lowest BCUT2D eigenvalue weighted by molar-refractivity contribution is -0.136. The zero-order valence-electron chi connectivity index (χ0n) is 16.8. The Kier molecular flexibility index (Phi) is 7.81. The van der Waals surface area contributed by atoms with E-state index in [0.29, 0.717) is 11.3 Å². The zero-order valence-corrected chi connectivity index (χ0v) is 16.8. The lowest BCUT2D eigenvalue weighted by Crippen LogP contribution is -2.06. The summed E-state index contributed by atoms with van der Waals surface area (Å²) in [5.74, 6) is 0.384. The van der Waals surface area contributed by atoms with Crippen LogP contribution in [0.2, 0.25) is 0 Å². The fraction of sp³-hybridized carbons (Fsp3) is 0.280. The van der Waals surface area contributed by atoms with Crippen LogP contribution in [0.4, 0.5) is 0 Å². The van der Waals surface area contributed by atoms with E-state index in [0.717, 1.165) is 29.9 Å². The van der Waals surface area contributed by atoms with E-state index < -0.39 is 5.97 Å². The maximum Gasteiger partial charge on any atom is 0.368 e. The number of carbonyl (C=O) groups excluding carboxylic acids is 1. The summed E-state index contributed by atoms with van der Waals surface area (Å²) >= 11 is 0. The number of benzene rings is 2. The lowest BCUT2D eigenvalue weighted by Gasteiger charge is -2.07. The Hall–Kier alpha value is -3.14. The predicted molar refractivity (Wildman–Crippen MR) is 117 cm³/mol. The van der Waals surface area contributed by atoms with Crippen molar-refractivity contribution in [3.8, 4) is 5.75 Å². The molecule has 4 nitrogen and oxygen atoms in total. The molecule has 0 N–H and O–H groups in total. The van der Waals surface area contributed by atoms with Crippen molar-refractivity contribution >= 4 is 17.8 Å². The fourth-order valence-corrected chi connectivity index (χ4v) is 3.06. The van der Waals surface area contributed by atoms with Crippen LogP contribution in [0, 0.1) is 0 Å². The first-order chi connectivity index (χ1) is 14.3. The fourth-order valence-electron chi connectivity index (χ4n) is 3.06. The van der Waals surface area contributed by atoms with E-state index in [2.05, 4.69) is 12.1 Å². The van der Waals surface area contributed by atoms with Crippen LogP contribution < -0.4 is 4.74 Å². The summed E-state index contributed by atoms with van der Waals surface area (Å²) in [4.78, 5) is 16.9. The highest BCUT2D eigenvalue weighted by atomic mass is 16.7. The van der Waals surface area contributed by atoms with Gasteiger partial charge >= 0.3 is 5.97 Å². The summed E-state index contributed by atoms with van der Waals surface area (Å²) < 4.78 is 5.80. The second kappa shape index (κ2) is 11.0. The normalized spacial score (nSPS) is 15.0. The second-order valence-corrected chi connectivity index (χ2v) is 6.96. The monoisotopic (exact) mass is 389 g/mol. The molecule has 0 saturated carbocycles. The van der Waals surface area contributed by atoms with Gasteiger partial charge in [0.15, 0.2) is 0 Å². The van der Waals surface area contributed by atoms with Gasteiger partial charge in [-0.05, 0) is 42.3 Å². The van der Waals surface area contributed by atoms with Crippen molar-refractivity contribution in [1.82, 2.24) is 0 Å². The largest absolute Gasteiger partial charge is 0.494 e. The molecule has 0 radical (unpaired) electrons. The molecule has 2 aromatic carbocycles. The third-order valence-corrected chi connectivity index (χ3v) is 4.69. The van der Waals surface area contributed by atoms with Crippen LogP contribution in [0.3, 0.4) is 0 Å². The molecule has 0 unspecified atom stereocenters. The van der Waals surface area contributed by atoms with Crippen LogP contribution in [0.1, 0.15) is 50.2 Å². The number of ether oxygens (including phenoxy) is 1. The molecular weight excluding hydrogens is 362 g/mol. The molecule has 0 bridgehead atoms. The number of rotatable bonds is 10. The number of carbonyl (C=O) groups is 1. The number of oxime groups is 1. The third kappa shape index (κ3) is 6.18. The van der Waals surface area contributed by atoms with E-state index >= 15 is 0 Å². The van der Waals surface area contributed by atoms with Crippen molar-refractivity contribution in [3.05, 3.63) is 83.4 Å². The van der Waals surface area contributed by atoms with Crippen LogP contribution in [0.25, 0.3) is 6.08 Å². The van der Waals surface area contributed by atoms with Crippen molar-refractivity contribution in [2.24, 2.45) is 5.16 Å². The van der Waals surface area contributed by atoms with Gasteiger partial charge in [-0.25, -0.2) is 4.79 Å². The molecule has 0 aromatic heterocycles. The Morgan fingerprint density at radius 1 is 0.966 bits per heavy atom. The molecule has 0 amide bonds. The van der Waals surface area contributed by atoms with Crippen molar-refractivity contribution in [2.45, 2.75) is 39.0 Å². The molecular formula is C25H27NO3. The predicted octanol–water partition coefficient (Wildman–Crippen LogP) is 5.94. The second-order valence-electron chi connectivity index (χ2n) is 6.96. The molecule has 0 atom stereocenters. The van der Waals surface area contributed by atoms with E-state index in [1.165, 1.54) is 25.7 Å². The van der Waals surface area contributed by atoms with Gasteiger partial charge < -0.3 is 9.57 Å². The number of allylic oxidation sites excluding steroid dienone is 2. The Labute approximate surface area is 172 Å². The van der Waals surface area contributed by atoms with E-state index in [1.807, 2.05) is 66.7 Å². The molecule has 0 fully saturated rings. The highest BCUT2D eigenvalue weighted by Gasteiger charge is 2.26. The first kappa shape index (κ1) is 20.6. The smallest absolute Gasteiger partial charge is 0.368 e. The average Bonchev–Trinajstić information content (AvgIpc) is 3.12. The SMILES string of the molecule is CCCCCCCOc1ccc(C2=NOC(=O)/C2=C\C=C\c2ccccc2)cc1. The first-order valence-electron chi connectivity index (χ1n) is 10.2. The number of hydrogen-bond donors (Lipinski definition) is 0. The van der Waals surface area contributed by atoms with Gasteiger partial charge in [-0.15, -0.1) is 0 Å². The maximum absolute atomic E-state index is 12.1. The Morgan fingerprint density at radius 2 is 1.72 bits per heavy atom. The first-order valence-corrected chi connectivity index (χ1v) is 10.2. The van der Waals surface area contributed by atoms with Gasteiger partial charge in [-0.2, -0.15) is 0 Å². The van der Waals surface area contributed by atoms with Crippen LogP contribution in [-0.4, -0.2) is 18.3 Å². The van der Waals surface area contributed by atoms with E-state index in [4.69, 9.17) is 9.57 Å². The standard InChI is InChI=1S/C25H27NO3/c1-2-3-4-5-9-19-28-22-17-15-21(16-18-22)24-23(25(27)29-26-24)14-10-13-20-11-7-6-8-12-20/h6-8,10-18H,2-5,9,19H2,1H3/b13-10+,23-14-. The maximum atomic E-state index is 12.1. The molecule has 150 valence electrons. The summed E-state index contributed by atoms with van der Waals surface area (Å²) in [7, 11) is 0. The quantitative estimate of drug-likeness (QED) is 0.287. The Balaban J connectivity index is 1.59. The lowest BCUT2D eigenvalue weighted by atomic mass is 10.0. The van der Waals surface area contributed by atoms with E-state index in [9.17, 15) is 4.79 Å². The van der Waals surface area contributed by atoms with Crippen LogP contribution in [-0.2, 0) is 9.63 Å². The molecule has 2 aromatic rings. The molecule has 3 rings (SSSR count). The summed E-state index contributed by atoms with van der Waals surface area (Å²) in [5, 5.41) is 3.95. The van der Waals surface area contributed by atoms with Gasteiger partial charge in [-0.1, -0.05) is 80.2 Å². The minimum absolute atomic E-state index is 0.440. The topological polar surface area (TPSA) is 47.9 Å². The van der Waals surface area contributed by atoms with Gasteiger partial charge in [0.05, 0.1) is 12.2 Å². The average molecular weight is 389 g/mol. The Bertz CT molecular complexity index is 880. The Morgan fingerprint density at radius 3 is 2.48 bits per heavy atom. The zero-order chi connectivity index (χ0) is 20.3. The molecule has 0 spiro atoms. The molecule has 29 heavy (non-hydrogen) atoms. The molecule has 1 heterocycles. The number of unbranched alkanes of at least 4 members (excludes halogenated alkanes) is 4. The van der Waals surface area contributed by atoms with Gasteiger partial charge in [0.2, 0.25) is 0 Å². The summed E-state index contributed by atoms with van der Waals surface area (Å²) in [5.41, 5.74) is 2.87. The minimum Gasteiger partial charge on any atom is -0.494 e. The number of hydrogen-bond acceptors (Lipinski definition) is 4. The van der Waals surface area contributed by atoms with Crippen LogP contribution in [0.5, 0.6) is 5.75 Å². The summed E-state index contributed by atoms with van der Waals surface area (Å²) in [6.45, 7) is 2.94. The van der Waals surface area contributed by atoms with Crippen molar-refractivity contribution in [2.75, 3.05) is 6.61 Å². The van der Waals surface area contributed by atoms with Gasteiger partial charge in [0, 0.05) is 5.56 Å². The molecule has 1 aliphatic heterocycles. The molecule has 1 aliphatic rings. The third-order valence-electron chi connectivity index (χ3n) is 4.69. The van der Waals surface area contributed by atoms with Crippen LogP contribution in [0.15, 0.2) is 77.5 Å². The van der Waals surface area contributed by atoms with Gasteiger partial charge in [-0.3, -0.25) is 0 Å². The van der Waals surface area contributed by atoms with Crippen molar-refractivity contribution in [1.29, 1.82) is 0 Å². The molecule has 0 aliphatic carbocycles. The van der Waals surface area contributed by atoms with Gasteiger partial charge in [0.25, 0.3) is 0 Å². The highest BCUT2D eigenvalue weighted by Crippen LogP contribution is 2.21. The van der Waals surface area contributed by atoms with Gasteiger partial charge in [0.1, 0.15) is 11.5 Å². The van der Waals surface area contributed by atoms with E-state index in [1.54, 1.807) is 6.08 Å². The minimum atomic E-state index is -0.440. The van der Waals surface area contributed by atoms with Crippen LogP contribution >= 0.6 is 0 Å².